The fourth-order valence-electron chi connectivity index (χ4n) is 2.29. The van der Waals surface area contributed by atoms with Crippen molar-refractivity contribution in [1.29, 1.82) is 0 Å². The third-order valence-electron chi connectivity index (χ3n) is 3.34. The van der Waals surface area contributed by atoms with E-state index in [1.807, 2.05) is 24.3 Å². The molecule has 5 nitrogen and oxygen atoms in total. The van der Waals surface area contributed by atoms with E-state index in [1.165, 1.54) is 0 Å². The Balaban J connectivity index is 2.26. The van der Waals surface area contributed by atoms with Crippen molar-refractivity contribution in [2.45, 2.75) is 32.4 Å². The maximum atomic E-state index is 11.0. The quantitative estimate of drug-likeness (QED) is 0.830. The Kier molecular flexibility index (Phi) is 4.16. The Labute approximate surface area is 112 Å². The van der Waals surface area contributed by atoms with Crippen LogP contribution in [0.5, 0.6) is 0 Å². The van der Waals surface area contributed by atoms with Crippen LogP contribution in [0.25, 0.3) is 11.0 Å². The predicted molar refractivity (Wildman–Crippen MR) is 74.2 cm³/mol. The lowest BCUT2D eigenvalue weighted by molar-refractivity contribution is -0.139. The van der Waals surface area contributed by atoms with Gasteiger partial charge in [-0.2, -0.15) is 0 Å². The Bertz CT molecular complexity index is 577. The van der Waals surface area contributed by atoms with Gasteiger partial charge in [-0.25, -0.2) is 4.98 Å². The standard InChI is InChI=1S/C14H19N3O2/c1-3-13-16-10-6-4-5-7-12(10)17(13)9-8-11(15-2)14(18)19/h4-7,11,15H,3,8-9H2,1-2H3,(H,18,19). The summed E-state index contributed by atoms with van der Waals surface area (Å²) in [6, 6.07) is 7.43. The van der Waals surface area contributed by atoms with Crippen molar-refractivity contribution < 1.29 is 9.90 Å². The van der Waals surface area contributed by atoms with Gasteiger partial charge in [0.05, 0.1) is 11.0 Å². The fourth-order valence-corrected chi connectivity index (χ4v) is 2.29. The number of hydrogen-bond donors (Lipinski definition) is 2. The first-order valence-corrected chi connectivity index (χ1v) is 6.51. The van der Waals surface area contributed by atoms with Gasteiger partial charge in [-0.1, -0.05) is 19.1 Å². The minimum Gasteiger partial charge on any atom is -0.480 e. The molecule has 0 saturated heterocycles. The minimum atomic E-state index is -0.815. The lowest BCUT2D eigenvalue weighted by atomic mass is 10.2. The molecule has 0 aliphatic carbocycles. The summed E-state index contributed by atoms with van der Waals surface area (Å²) in [6.45, 7) is 2.71. The number of nitrogens with zero attached hydrogens (tertiary/aromatic N) is 2. The average molecular weight is 261 g/mol. The molecule has 0 saturated carbocycles. The molecule has 0 aliphatic heterocycles. The highest BCUT2D eigenvalue weighted by Crippen LogP contribution is 2.17. The first kappa shape index (κ1) is 13.5. The highest BCUT2D eigenvalue weighted by Gasteiger charge is 2.16. The second-order valence-corrected chi connectivity index (χ2v) is 4.49. The molecule has 2 N–H and O–H groups in total. The van der Waals surface area contributed by atoms with Crippen LogP contribution in [-0.4, -0.2) is 33.7 Å². The van der Waals surface area contributed by atoms with Gasteiger partial charge in [0, 0.05) is 13.0 Å². The summed E-state index contributed by atoms with van der Waals surface area (Å²) in [7, 11) is 1.67. The number of aromatic nitrogens is 2. The van der Waals surface area contributed by atoms with E-state index in [-0.39, 0.29) is 0 Å². The van der Waals surface area contributed by atoms with E-state index >= 15 is 0 Å². The molecule has 5 heteroatoms. The first-order valence-electron chi connectivity index (χ1n) is 6.51. The number of para-hydroxylation sites is 2. The summed E-state index contributed by atoms with van der Waals surface area (Å²) >= 11 is 0. The van der Waals surface area contributed by atoms with E-state index < -0.39 is 12.0 Å². The van der Waals surface area contributed by atoms with Crippen LogP contribution in [-0.2, 0) is 17.8 Å². The van der Waals surface area contributed by atoms with Crippen LogP contribution >= 0.6 is 0 Å². The highest BCUT2D eigenvalue weighted by atomic mass is 16.4. The van der Waals surface area contributed by atoms with E-state index in [2.05, 4.69) is 21.8 Å². The molecule has 1 aromatic carbocycles. The third kappa shape index (κ3) is 2.76. The molecule has 1 heterocycles. The van der Waals surface area contributed by atoms with E-state index in [0.29, 0.717) is 13.0 Å². The molecule has 2 aromatic rings. The number of hydrogen-bond acceptors (Lipinski definition) is 3. The van der Waals surface area contributed by atoms with Crippen molar-refractivity contribution in [2.75, 3.05) is 7.05 Å². The van der Waals surface area contributed by atoms with E-state index in [9.17, 15) is 4.79 Å². The number of carbonyl (C=O) groups is 1. The molecular weight excluding hydrogens is 242 g/mol. The Morgan fingerprint density at radius 3 is 2.84 bits per heavy atom. The van der Waals surface area contributed by atoms with Crippen molar-refractivity contribution >= 4 is 17.0 Å². The molecule has 102 valence electrons. The Hall–Kier alpha value is -1.88. The summed E-state index contributed by atoms with van der Waals surface area (Å²) in [5.74, 6) is 0.186. The summed E-state index contributed by atoms with van der Waals surface area (Å²) in [4.78, 5) is 15.6. The van der Waals surface area contributed by atoms with Gasteiger partial charge >= 0.3 is 5.97 Å². The fraction of sp³-hybridized carbons (Fsp3) is 0.429. The molecule has 0 bridgehead atoms. The first-order chi connectivity index (χ1) is 9.17. The van der Waals surface area contributed by atoms with Gasteiger partial charge in [-0.05, 0) is 25.6 Å². The summed E-state index contributed by atoms with van der Waals surface area (Å²) in [5.41, 5.74) is 2.04. The summed E-state index contributed by atoms with van der Waals surface area (Å²) < 4.78 is 2.11. The van der Waals surface area contributed by atoms with Gasteiger partial charge in [0.25, 0.3) is 0 Å². The summed E-state index contributed by atoms with van der Waals surface area (Å²) in [6.07, 6.45) is 1.38. The van der Waals surface area contributed by atoms with Crippen LogP contribution < -0.4 is 5.32 Å². The maximum absolute atomic E-state index is 11.0. The smallest absolute Gasteiger partial charge is 0.320 e. The van der Waals surface area contributed by atoms with Crippen LogP contribution in [0.1, 0.15) is 19.2 Å². The second kappa shape index (κ2) is 5.84. The molecular formula is C14H19N3O2. The molecule has 1 unspecified atom stereocenters. The lowest BCUT2D eigenvalue weighted by Gasteiger charge is -2.13. The predicted octanol–water partition coefficient (Wildman–Crippen LogP) is 1.66. The number of carboxylic acid groups (broad SMARTS) is 1. The number of rotatable bonds is 6. The molecule has 2 rings (SSSR count). The van der Waals surface area contributed by atoms with Crippen molar-refractivity contribution in [2.24, 2.45) is 0 Å². The molecule has 0 spiro atoms. The van der Waals surface area contributed by atoms with Gasteiger partial charge in [-0.15, -0.1) is 0 Å². The van der Waals surface area contributed by atoms with Gasteiger partial charge in [0.1, 0.15) is 11.9 Å². The van der Waals surface area contributed by atoms with E-state index in [0.717, 1.165) is 23.3 Å². The number of aryl methyl sites for hydroxylation is 2. The zero-order valence-electron chi connectivity index (χ0n) is 11.3. The molecule has 0 radical (unpaired) electrons. The number of aliphatic carboxylic acids is 1. The van der Waals surface area contributed by atoms with Gasteiger partial charge < -0.3 is 15.0 Å². The third-order valence-corrected chi connectivity index (χ3v) is 3.34. The maximum Gasteiger partial charge on any atom is 0.320 e. The lowest BCUT2D eigenvalue weighted by Crippen LogP contribution is -2.34. The normalized spacial score (nSPS) is 12.7. The number of fused-ring (bicyclic) bond motifs is 1. The van der Waals surface area contributed by atoms with E-state index in [1.54, 1.807) is 7.05 Å². The molecule has 0 amide bonds. The number of nitrogens with one attached hydrogen (secondary N) is 1. The van der Waals surface area contributed by atoms with Crippen LogP contribution in [0.2, 0.25) is 0 Å². The number of benzene rings is 1. The molecule has 19 heavy (non-hydrogen) atoms. The minimum absolute atomic E-state index is 0.522. The zero-order chi connectivity index (χ0) is 13.8. The monoisotopic (exact) mass is 261 g/mol. The van der Waals surface area contributed by atoms with Crippen molar-refractivity contribution in [1.82, 2.24) is 14.9 Å². The van der Waals surface area contributed by atoms with E-state index in [4.69, 9.17) is 5.11 Å². The SMILES string of the molecule is CCc1nc2ccccc2n1CCC(NC)C(=O)O. The van der Waals surface area contributed by atoms with Crippen LogP contribution in [0, 0.1) is 0 Å². The average Bonchev–Trinajstić information content (AvgIpc) is 2.77. The van der Waals surface area contributed by atoms with Gasteiger partial charge in [0.2, 0.25) is 0 Å². The Morgan fingerprint density at radius 2 is 2.21 bits per heavy atom. The zero-order valence-corrected chi connectivity index (χ0v) is 11.3. The van der Waals surface area contributed by atoms with Crippen LogP contribution in [0.15, 0.2) is 24.3 Å². The molecule has 1 aromatic heterocycles. The largest absolute Gasteiger partial charge is 0.480 e. The molecule has 0 aliphatic rings. The Morgan fingerprint density at radius 1 is 1.47 bits per heavy atom. The highest BCUT2D eigenvalue weighted by molar-refractivity contribution is 5.76. The second-order valence-electron chi connectivity index (χ2n) is 4.49. The number of carboxylic acids is 1. The number of likely N-dealkylation sites (N-methyl/N-ethyl adjacent to an activating group) is 1. The van der Waals surface area contributed by atoms with Gasteiger partial charge in [0.15, 0.2) is 0 Å². The van der Waals surface area contributed by atoms with Crippen LogP contribution in [0.4, 0.5) is 0 Å². The number of imidazole rings is 1. The molecule has 0 fully saturated rings. The van der Waals surface area contributed by atoms with Crippen molar-refractivity contribution in [3.8, 4) is 0 Å². The van der Waals surface area contributed by atoms with Crippen molar-refractivity contribution in [3.63, 3.8) is 0 Å². The van der Waals surface area contributed by atoms with Crippen molar-refractivity contribution in [3.05, 3.63) is 30.1 Å². The van der Waals surface area contributed by atoms with Crippen LogP contribution in [0.3, 0.4) is 0 Å². The van der Waals surface area contributed by atoms with Gasteiger partial charge in [-0.3, -0.25) is 4.79 Å². The topological polar surface area (TPSA) is 67.2 Å². The summed E-state index contributed by atoms with van der Waals surface area (Å²) in [5, 5.41) is 11.9. The molecule has 1 atom stereocenters.